The van der Waals surface area contributed by atoms with Crippen LogP contribution in [0.3, 0.4) is 0 Å². The van der Waals surface area contributed by atoms with Gasteiger partial charge in [-0.15, -0.1) is 0 Å². The molecule has 2 aliphatic heterocycles. The van der Waals surface area contributed by atoms with Crippen LogP contribution in [0.5, 0.6) is 11.5 Å². The number of para-hydroxylation sites is 1. The molecule has 3 aromatic rings. The summed E-state index contributed by atoms with van der Waals surface area (Å²) in [5, 5.41) is 3.78. The highest BCUT2D eigenvalue weighted by Crippen LogP contribution is 2.34. The molecular weight excluding hydrogens is 346 g/mol. The lowest BCUT2D eigenvalue weighted by atomic mass is 9.97. The van der Waals surface area contributed by atoms with Gasteiger partial charge >= 0.3 is 0 Å². The van der Waals surface area contributed by atoms with Gasteiger partial charge in [-0.2, -0.15) is 0 Å². The molecule has 7 heteroatoms. The lowest BCUT2D eigenvalue weighted by Gasteiger charge is -2.38. The van der Waals surface area contributed by atoms with Crippen molar-refractivity contribution in [3.8, 4) is 11.5 Å². The molecule has 7 nitrogen and oxygen atoms in total. The summed E-state index contributed by atoms with van der Waals surface area (Å²) in [6.45, 7) is 1.02. The van der Waals surface area contributed by atoms with Gasteiger partial charge in [0.2, 0.25) is 12.7 Å². The smallest absolute Gasteiger partial charge is 0.256 e. The number of likely N-dealkylation sites (tertiary alicyclic amines) is 1. The van der Waals surface area contributed by atoms with Crippen LogP contribution < -0.4 is 14.8 Å². The number of nitrogens with one attached hydrogen (secondary N) is 2. The lowest BCUT2D eigenvalue weighted by Crippen LogP contribution is -2.54. The van der Waals surface area contributed by atoms with E-state index >= 15 is 0 Å². The average Bonchev–Trinajstić information content (AvgIpc) is 3.26. The largest absolute Gasteiger partial charge is 0.454 e. The Morgan fingerprint density at radius 1 is 1.07 bits per heavy atom. The van der Waals surface area contributed by atoms with E-state index in [1.54, 1.807) is 29.3 Å². The van der Waals surface area contributed by atoms with Crippen LogP contribution in [0, 0.1) is 5.92 Å². The molecule has 27 heavy (non-hydrogen) atoms. The minimum Gasteiger partial charge on any atom is -0.454 e. The summed E-state index contributed by atoms with van der Waals surface area (Å²) in [4.78, 5) is 29.9. The Hall–Kier alpha value is -3.48. The van der Waals surface area contributed by atoms with Crippen LogP contribution in [-0.2, 0) is 4.79 Å². The Balaban J connectivity index is 1.22. The Labute approximate surface area is 154 Å². The summed E-state index contributed by atoms with van der Waals surface area (Å²) in [6, 6.07) is 13.0. The predicted molar refractivity (Wildman–Crippen MR) is 98.9 cm³/mol. The Morgan fingerprint density at radius 3 is 2.78 bits per heavy atom. The number of benzene rings is 2. The predicted octanol–water partition coefficient (Wildman–Crippen LogP) is 2.61. The SMILES string of the molecule is O=C(Nc1ccc2c(c1)OCO2)C1CN(C(=O)c2c[nH]c3ccccc23)C1. The number of carbonyl (C=O) groups is 2. The quantitative estimate of drug-likeness (QED) is 0.749. The number of hydrogen-bond acceptors (Lipinski definition) is 4. The van der Waals surface area contributed by atoms with Gasteiger partial charge in [-0.25, -0.2) is 0 Å². The molecular formula is C20H17N3O4. The maximum absolute atomic E-state index is 12.7. The molecule has 1 aromatic heterocycles. The van der Waals surface area contributed by atoms with Gasteiger partial charge in [0, 0.05) is 41.9 Å². The molecule has 0 aliphatic carbocycles. The van der Waals surface area contributed by atoms with Gasteiger partial charge in [-0.3, -0.25) is 9.59 Å². The van der Waals surface area contributed by atoms with E-state index in [0.29, 0.717) is 35.8 Å². The zero-order valence-corrected chi connectivity index (χ0v) is 14.4. The van der Waals surface area contributed by atoms with Crippen LogP contribution in [0.15, 0.2) is 48.7 Å². The first-order valence-electron chi connectivity index (χ1n) is 8.75. The summed E-state index contributed by atoms with van der Waals surface area (Å²) in [5.41, 5.74) is 2.23. The van der Waals surface area contributed by atoms with Crippen molar-refractivity contribution < 1.29 is 19.1 Å². The van der Waals surface area contributed by atoms with Crippen LogP contribution in [0.1, 0.15) is 10.4 Å². The highest BCUT2D eigenvalue weighted by Gasteiger charge is 2.36. The van der Waals surface area contributed by atoms with E-state index in [1.165, 1.54) is 0 Å². The third-order valence-corrected chi connectivity index (χ3v) is 5.00. The van der Waals surface area contributed by atoms with Crippen molar-refractivity contribution in [2.45, 2.75) is 0 Å². The van der Waals surface area contributed by atoms with E-state index < -0.39 is 0 Å². The second-order valence-electron chi connectivity index (χ2n) is 6.71. The minimum atomic E-state index is -0.218. The summed E-state index contributed by atoms with van der Waals surface area (Å²) in [7, 11) is 0. The summed E-state index contributed by atoms with van der Waals surface area (Å²) < 4.78 is 10.6. The number of H-pyrrole nitrogens is 1. The molecule has 136 valence electrons. The fourth-order valence-corrected chi connectivity index (χ4v) is 3.45. The molecule has 0 bridgehead atoms. The molecule has 2 aliphatic rings. The van der Waals surface area contributed by atoms with Crippen molar-refractivity contribution in [3.05, 3.63) is 54.2 Å². The minimum absolute atomic E-state index is 0.0559. The van der Waals surface area contributed by atoms with Crippen molar-refractivity contribution in [1.82, 2.24) is 9.88 Å². The number of ether oxygens (including phenoxy) is 2. The second-order valence-corrected chi connectivity index (χ2v) is 6.71. The molecule has 0 atom stereocenters. The number of fused-ring (bicyclic) bond motifs is 2. The van der Waals surface area contributed by atoms with Gasteiger partial charge in [0.1, 0.15) is 0 Å². The van der Waals surface area contributed by atoms with Gasteiger partial charge in [-0.05, 0) is 18.2 Å². The maximum atomic E-state index is 12.7. The summed E-state index contributed by atoms with van der Waals surface area (Å²) >= 11 is 0. The second kappa shape index (κ2) is 6.05. The number of anilines is 1. The van der Waals surface area contributed by atoms with E-state index in [0.717, 1.165) is 10.9 Å². The average molecular weight is 363 g/mol. The zero-order chi connectivity index (χ0) is 18.4. The molecule has 0 spiro atoms. The number of nitrogens with zero attached hydrogens (tertiary/aromatic N) is 1. The topological polar surface area (TPSA) is 83.7 Å². The van der Waals surface area contributed by atoms with E-state index in [-0.39, 0.29) is 24.5 Å². The summed E-state index contributed by atoms with van der Waals surface area (Å²) in [5.74, 6) is 0.922. The van der Waals surface area contributed by atoms with Crippen molar-refractivity contribution >= 4 is 28.4 Å². The van der Waals surface area contributed by atoms with E-state index in [9.17, 15) is 9.59 Å². The molecule has 5 rings (SSSR count). The molecule has 2 amide bonds. The van der Waals surface area contributed by atoms with Gasteiger partial charge in [-0.1, -0.05) is 18.2 Å². The van der Waals surface area contributed by atoms with Gasteiger partial charge < -0.3 is 24.7 Å². The lowest BCUT2D eigenvalue weighted by molar-refractivity contribution is -0.123. The van der Waals surface area contributed by atoms with Crippen LogP contribution in [0.4, 0.5) is 5.69 Å². The first-order chi connectivity index (χ1) is 13.2. The first-order valence-corrected chi connectivity index (χ1v) is 8.75. The molecule has 1 fully saturated rings. The Bertz CT molecular complexity index is 1050. The Kier molecular flexibility index (Phi) is 3.53. The summed E-state index contributed by atoms with van der Waals surface area (Å²) in [6.07, 6.45) is 1.73. The van der Waals surface area contributed by atoms with Crippen LogP contribution in [0.25, 0.3) is 10.9 Å². The van der Waals surface area contributed by atoms with Crippen molar-refractivity contribution in [3.63, 3.8) is 0 Å². The zero-order valence-electron chi connectivity index (χ0n) is 14.4. The number of hydrogen-bond donors (Lipinski definition) is 2. The first kappa shape index (κ1) is 15.7. The molecule has 0 saturated carbocycles. The highest BCUT2D eigenvalue weighted by molar-refractivity contribution is 6.07. The Morgan fingerprint density at radius 2 is 1.89 bits per heavy atom. The van der Waals surface area contributed by atoms with Crippen LogP contribution in [-0.4, -0.2) is 41.6 Å². The molecule has 0 unspecified atom stereocenters. The standard InChI is InChI=1S/C20H17N3O4/c24-19(22-13-5-6-17-18(7-13)27-11-26-17)12-9-23(10-12)20(25)15-8-21-16-4-2-1-3-14(15)16/h1-8,12,21H,9-11H2,(H,22,24). The fraction of sp³-hybridized carbons (Fsp3) is 0.200. The van der Waals surface area contributed by atoms with E-state index in [1.807, 2.05) is 24.3 Å². The van der Waals surface area contributed by atoms with Gasteiger partial charge in [0.15, 0.2) is 11.5 Å². The maximum Gasteiger partial charge on any atom is 0.256 e. The number of aromatic nitrogens is 1. The monoisotopic (exact) mass is 363 g/mol. The molecule has 3 heterocycles. The van der Waals surface area contributed by atoms with Crippen molar-refractivity contribution in [1.29, 1.82) is 0 Å². The normalized spacial score (nSPS) is 15.6. The molecule has 2 aromatic carbocycles. The van der Waals surface area contributed by atoms with Gasteiger partial charge in [0.25, 0.3) is 5.91 Å². The number of aromatic amines is 1. The third kappa shape index (κ3) is 2.68. The number of rotatable bonds is 3. The molecule has 1 saturated heterocycles. The van der Waals surface area contributed by atoms with Crippen LogP contribution in [0.2, 0.25) is 0 Å². The fourth-order valence-electron chi connectivity index (χ4n) is 3.45. The van der Waals surface area contributed by atoms with E-state index in [4.69, 9.17) is 9.47 Å². The van der Waals surface area contributed by atoms with Crippen LogP contribution >= 0.6 is 0 Å². The molecule has 0 radical (unpaired) electrons. The highest BCUT2D eigenvalue weighted by atomic mass is 16.7. The molecule has 2 N–H and O–H groups in total. The van der Waals surface area contributed by atoms with Crippen molar-refractivity contribution in [2.24, 2.45) is 5.92 Å². The van der Waals surface area contributed by atoms with Crippen molar-refractivity contribution in [2.75, 3.05) is 25.2 Å². The van der Waals surface area contributed by atoms with Gasteiger partial charge in [0.05, 0.1) is 11.5 Å². The number of amides is 2. The number of carbonyl (C=O) groups excluding carboxylic acids is 2. The third-order valence-electron chi connectivity index (χ3n) is 5.00. The van der Waals surface area contributed by atoms with E-state index in [2.05, 4.69) is 10.3 Å².